The second-order valence-corrected chi connectivity index (χ2v) is 3.98. The maximum absolute atomic E-state index is 5.95. The van der Waals surface area contributed by atoms with Crippen LogP contribution in [0.15, 0.2) is 60.9 Å². The average Bonchev–Trinajstić information content (AvgIpc) is 2.83. The minimum atomic E-state index is 0.491. The molecule has 2 aromatic heterocycles. The van der Waals surface area contributed by atoms with Gasteiger partial charge in [-0.25, -0.2) is 0 Å². The highest BCUT2D eigenvalue weighted by Crippen LogP contribution is 2.24. The number of pyridine rings is 1. The zero-order valence-corrected chi connectivity index (χ0v) is 9.75. The Morgan fingerprint density at radius 2 is 1.61 bits per heavy atom. The maximum Gasteiger partial charge on any atom is 0.280 e. The first-order valence-corrected chi connectivity index (χ1v) is 5.72. The van der Waals surface area contributed by atoms with Crippen molar-refractivity contribution in [1.82, 2.24) is 10.2 Å². The van der Waals surface area contributed by atoms with Crippen LogP contribution < -0.4 is 10.3 Å². The van der Waals surface area contributed by atoms with Crippen molar-refractivity contribution in [2.24, 2.45) is 0 Å². The van der Waals surface area contributed by atoms with E-state index in [0.717, 1.165) is 16.9 Å². The first-order chi connectivity index (χ1) is 8.86. The molecule has 1 aromatic carbocycles. The molecule has 0 saturated heterocycles. The van der Waals surface area contributed by atoms with Gasteiger partial charge < -0.3 is 5.73 Å². The van der Waals surface area contributed by atoms with Gasteiger partial charge in [0, 0.05) is 17.7 Å². The summed E-state index contributed by atoms with van der Waals surface area (Å²) in [5.41, 5.74) is 8.81. The number of hydrogen-bond acceptors (Lipinski definition) is 2. The fourth-order valence-electron chi connectivity index (χ4n) is 1.97. The molecule has 0 unspecified atom stereocenters. The Morgan fingerprint density at radius 3 is 2.33 bits per heavy atom. The zero-order valence-electron chi connectivity index (χ0n) is 9.75. The Morgan fingerprint density at radius 1 is 0.944 bits per heavy atom. The van der Waals surface area contributed by atoms with Gasteiger partial charge in [-0.1, -0.05) is 36.4 Å². The number of nitrogen functional groups attached to an aromatic ring is 1. The average molecular weight is 237 g/mol. The van der Waals surface area contributed by atoms with Gasteiger partial charge in [0.2, 0.25) is 5.82 Å². The first kappa shape index (κ1) is 10.5. The van der Waals surface area contributed by atoms with Crippen LogP contribution in [0.3, 0.4) is 0 Å². The molecular formula is C14H13N4+. The minimum Gasteiger partial charge on any atom is -0.377 e. The van der Waals surface area contributed by atoms with Gasteiger partial charge in [0.05, 0.1) is 0 Å². The lowest BCUT2D eigenvalue weighted by Crippen LogP contribution is -2.30. The van der Waals surface area contributed by atoms with Gasteiger partial charge >= 0.3 is 0 Å². The Balaban J connectivity index is 2.19. The molecule has 0 atom stereocenters. The van der Waals surface area contributed by atoms with Gasteiger partial charge in [-0.2, -0.15) is 9.67 Å². The summed E-state index contributed by atoms with van der Waals surface area (Å²) in [6.45, 7) is 0. The quantitative estimate of drug-likeness (QED) is 0.669. The highest BCUT2D eigenvalue weighted by atomic mass is 15.2. The third kappa shape index (κ3) is 1.73. The van der Waals surface area contributed by atoms with Crippen molar-refractivity contribution in [3.8, 4) is 16.9 Å². The number of nitrogens with zero attached hydrogens (tertiary/aromatic N) is 2. The smallest absolute Gasteiger partial charge is 0.280 e. The van der Waals surface area contributed by atoms with E-state index in [0.29, 0.717) is 5.82 Å². The molecule has 3 aromatic rings. The topological polar surface area (TPSA) is 58.6 Å². The van der Waals surface area contributed by atoms with Gasteiger partial charge in [-0.05, 0) is 0 Å². The van der Waals surface area contributed by atoms with Crippen LogP contribution >= 0.6 is 0 Å². The van der Waals surface area contributed by atoms with Gasteiger partial charge in [-0.3, -0.25) is 5.10 Å². The maximum atomic E-state index is 5.95. The van der Waals surface area contributed by atoms with E-state index in [1.807, 2.05) is 65.5 Å². The fraction of sp³-hybridized carbons (Fsp3) is 0. The van der Waals surface area contributed by atoms with Crippen molar-refractivity contribution in [3.05, 3.63) is 60.9 Å². The van der Waals surface area contributed by atoms with E-state index in [1.54, 1.807) is 0 Å². The van der Waals surface area contributed by atoms with Crippen LogP contribution in [0.5, 0.6) is 0 Å². The van der Waals surface area contributed by atoms with Crippen LogP contribution in [0.1, 0.15) is 0 Å². The Bertz CT molecular complexity index is 644. The molecule has 18 heavy (non-hydrogen) atoms. The minimum absolute atomic E-state index is 0.491. The number of hydrogen-bond donors (Lipinski definition) is 2. The van der Waals surface area contributed by atoms with Gasteiger partial charge in [0.25, 0.3) is 5.69 Å². The number of nitrogens with two attached hydrogens (primary N) is 1. The van der Waals surface area contributed by atoms with E-state index < -0.39 is 0 Å². The molecule has 4 nitrogen and oxygen atoms in total. The molecule has 0 fully saturated rings. The van der Waals surface area contributed by atoms with Crippen LogP contribution in [-0.4, -0.2) is 10.2 Å². The SMILES string of the molecule is Nc1n[nH]c(-c2ccccc2)c1-[n+]1ccccc1. The number of aromatic amines is 1. The summed E-state index contributed by atoms with van der Waals surface area (Å²) in [4.78, 5) is 0. The van der Waals surface area contributed by atoms with Gasteiger partial charge in [0.15, 0.2) is 12.4 Å². The lowest BCUT2D eigenvalue weighted by atomic mass is 10.1. The largest absolute Gasteiger partial charge is 0.377 e. The lowest BCUT2D eigenvalue weighted by molar-refractivity contribution is -0.594. The summed E-state index contributed by atoms with van der Waals surface area (Å²) in [6.07, 6.45) is 3.90. The molecule has 3 rings (SSSR count). The molecule has 2 heterocycles. The summed E-state index contributed by atoms with van der Waals surface area (Å²) < 4.78 is 1.96. The summed E-state index contributed by atoms with van der Waals surface area (Å²) >= 11 is 0. The highest BCUT2D eigenvalue weighted by Gasteiger charge is 2.21. The van der Waals surface area contributed by atoms with Crippen molar-refractivity contribution in [1.29, 1.82) is 0 Å². The van der Waals surface area contributed by atoms with Gasteiger partial charge in [0.1, 0.15) is 5.69 Å². The Labute approximate surface area is 105 Å². The summed E-state index contributed by atoms with van der Waals surface area (Å²) in [7, 11) is 0. The lowest BCUT2D eigenvalue weighted by Gasteiger charge is -1.99. The predicted octanol–water partition coefficient (Wildman–Crippen LogP) is 1.94. The third-order valence-corrected chi connectivity index (χ3v) is 2.80. The summed E-state index contributed by atoms with van der Waals surface area (Å²) in [5, 5.41) is 7.09. The van der Waals surface area contributed by atoms with E-state index >= 15 is 0 Å². The highest BCUT2D eigenvalue weighted by molar-refractivity contribution is 5.72. The molecule has 0 aliphatic rings. The number of aromatic nitrogens is 3. The van der Waals surface area contributed by atoms with Crippen molar-refractivity contribution >= 4 is 5.82 Å². The molecular weight excluding hydrogens is 224 g/mol. The van der Waals surface area contributed by atoms with Crippen LogP contribution in [0, 0.1) is 0 Å². The summed E-state index contributed by atoms with van der Waals surface area (Å²) in [6, 6.07) is 15.9. The summed E-state index contributed by atoms with van der Waals surface area (Å²) in [5.74, 6) is 0.491. The monoisotopic (exact) mass is 237 g/mol. The second kappa shape index (κ2) is 4.33. The van der Waals surface area contributed by atoms with E-state index in [1.165, 1.54) is 0 Å². The molecule has 0 radical (unpaired) electrons. The molecule has 0 saturated carbocycles. The third-order valence-electron chi connectivity index (χ3n) is 2.80. The molecule has 88 valence electrons. The number of rotatable bonds is 2. The fourth-order valence-corrected chi connectivity index (χ4v) is 1.97. The van der Waals surface area contributed by atoms with Crippen LogP contribution in [0.25, 0.3) is 16.9 Å². The number of anilines is 1. The molecule has 4 heteroatoms. The van der Waals surface area contributed by atoms with E-state index in [2.05, 4.69) is 10.2 Å². The standard InChI is InChI=1S/C14H13N4/c15-14-13(18-9-5-2-6-10-18)12(16-17-14)11-7-3-1-4-8-11/h1-10H,(H3,15,16,17)/q+1. The van der Waals surface area contributed by atoms with E-state index in [4.69, 9.17) is 5.73 Å². The van der Waals surface area contributed by atoms with Crippen LogP contribution in [0.2, 0.25) is 0 Å². The van der Waals surface area contributed by atoms with E-state index in [9.17, 15) is 0 Å². The Kier molecular flexibility index (Phi) is 2.53. The van der Waals surface area contributed by atoms with Crippen molar-refractivity contribution in [2.45, 2.75) is 0 Å². The molecule has 3 N–H and O–H groups in total. The number of H-pyrrole nitrogens is 1. The molecule has 0 bridgehead atoms. The molecule has 0 aliphatic carbocycles. The molecule has 0 amide bonds. The molecule has 0 aliphatic heterocycles. The first-order valence-electron chi connectivity index (χ1n) is 5.72. The zero-order chi connectivity index (χ0) is 12.4. The molecule has 0 spiro atoms. The van der Waals surface area contributed by atoms with Crippen molar-refractivity contribution < 1.29 is 4.57 Å². The normalized spacial score (nSPS) is 10.4. The second-order valence-electron chi connectivity index (χ2n) is 3.98. The number of nitrogens with one attached hydrogen (secondary N) is 1. The Hall–Kier alpha value is -2.62. The van der Waals surface area contributed by atoms with Crippen LogP contribution in [-0.2, 0) is 0 Å². The van der Waals surface area contributed by atoms with Crippen molar-refractivity contribution in [2.75, 3.05) is 5.73 Å². The van der Waals surface area contributed by atoms with E-state index in [-0.39, 0.29) is 0 Å². The van der Waals surface area contributed by atoms with Crippen molar-refractivity contribution in [3.63, 3.8) is 0 Å². The number of benzene rings is 1. The van der Waals surface area contributed by atoms with Gasteiger partial charge in [-0.15, -0.1) is 0 Å². The predicted molar refractivity (Wildman–Crippen MR) is 70.0 cm³/mol. The van der Waals surface area contributed by atoms with Crippen LogP contribution in [0.4, 0.5) is 5.82 Å².